The third-order valence-electron chi connectivity index (χ3n) is 2.63. The van der Waals surface area contributed by atoms with Crippen LogP contribution in [0.1, 0.15) is 23.2 Å². The fourth-order valence-electron chi connectivity index (χ4n) is 1.76. The molecule has 16 heavy (non-hydrogen) atoms. The van der Waals surface area contributed by atoms with E-state index in [1.807, 2.05) is 30.7 Å². The number of aryl methyl sites for hydroxylation is 1. The van der Waals surface area contributed by atoms with Gasteiger partial charge < -0.3 is 10.2 Å². The van der Waals surface area contributed by atoms with E-state index in [0.29, 0.717) is 6.54 Å². The molecular formula is C11H14BrN3O. The first-order valence-electron chi connectivity index (χ1n) is 5.09. The Kier molecular flexibility index (Phi) is 3.16. The molecule has 2 aromatic rings. The highest BCUT2D eigenvalue weighted by molar-refractivity contribution is 9.10. The average molecular weight is 284 g/mol. The maximum Gasteiger partial charge on any atom is 0.129 e. The van der Waals surface area contributed by atoms with Gasteiger partial charge in [0.2, 0.25) is 0 Å². The van der Waals surface area contributed by atoms with Gasteiger partial charge in [0, 0.05) is 6.54 Å². The summed E-state index contributed by atoms with van der Waals surface area (Å²) in [4.78, 5) is 0. The Bertz CT molecular complexity index is 476. The largest absolute Gasteiger partial charge is 0.467 e. The summed E-state index contributed by atoms with van der Waals surface area (Å²) < 4.78 is 8.32. The van der Waals surface area contributed by atoms with Crippen LogP contribution < -0.4 is 5.73 Å². The van der Waals surface area contributed by atoms with Gasteiger partial charge in [-0.15, -0.1) is 0 Å². The minimum atomic E-state index is -0.0417. The summed E-state index contributed by atoms with van der Waals surface area (Å²) in [6, 6.07) is 3.74. The zero-order valence-electron chi connectivity index (χ0n) is 9.27. The lowest BCUT2D eigenvalue weighted by molar-refractivity contribution is 0.404. The van der Waals surface area contributed by atoms with Crippen LogP contribution in [0.25, 0.3) is 0 Å². The van der Waals surface area contributed by atoms with E-state index >= 15 is 0 Å². The Hall–Kier alpha value is -1.07. The van der Waals surface area contributed by atoms with Crippen molar-refractivity contribution in [1.29, 1.82) is 0 Å². The maximum atomic E-state index is 5.79. The molecule has 0 aliphatic rings. The van der Waals surface area contributed by atoms with Gasteiger partial charge in [0.05, 0.1) is 22.1 Å². The maximum absolute atomic E-state index is 5.79. The van der Waals surface area contributed by atoms with Crippen molar-refractivity contribution < 1.29 is 4.42 Å². The standard InChI is InChI=1S/C11H14BrN3O/c1-7-11(12)8(2)15(14-7)9(6-13)10-4-3-5-16-10/h3-5,9H,6,13H2,1-2H3. The molecule has 86 valence electrons. The lowest BCUT2D eigenvalue weighted by Gasteiger charge is -2.14. The molecule has 0 amide bonds. The van der Waals surface area contributed by atoms with Gasteiger partial charge in [-0.3, -0.25) is 4.68 Å². The monoisotopic (exact) mass is 283 g/mol. The van der Waals surface area contributed by atoms with E-state index in [-0.39, 0.29) is 6.04 Å². The lowest BCUT2D eigenvalue weighted by atomic mass is 10.2. The van der Waals surface area contributed by atoms with Gasteiger partial charge in [0.1, 0.15) is 11.8 Å². The van der Waals surface area contributed by atoms with E-state index in [2.05, 4.69) is 21.0 Å². The Morgan fingerprint density at radius 3 is 2.75 bits per heavy atom. The number of halogens is 1. The molecule has 2 heterocycles. The molecular weight excluding hydrogens is 270 g/mol. The van der Waals surface area contributed by atoms with Crippen LogP contribution in [0.15, 0.2) is 27.3 Å². The number of rotatable bonds is 3. The molecule has 0 saturated heterocycles. The van der Waals surface area contributed by atoms with Crippen LogP contribution in [0.4, 0.5) is 0 Å². The second kappa shape index (κ2) is 4.43. The molecule has 5 heteroatoms. The van der Waals surface area contributed by atoms with Crippen molar-refractivity contribution >= 4 is 15.9 Å². The van der Waals surface area contributed by atoms with Crippen molar-refractivity contribution in [3.8, 4) is 0 Å². The zero-order chi connectivity index (χ0) is 11.7. The Labute approximate surface area is 103 Å². The first-order valence-corrected chi connectivity index (χ1v) is 5.89. The smallest absolute Gasteiger partial charge is 0.129 e. The van der Waals surface area contributed by atoms with E-state index < -0.39 is 0 Å². The van der Waals surface area contributed by atoms with Gasteiger partial charge in [0.25, 0.3) is 0 Å². The van der Waals surface area contributed by atoms with Gasteiger partial charge in [-0.2, -0.15) is 5.10 Å². The van der Waals surface area contributed by atoms with Crippen LogP contribution in [-0.2, 0) is 0 Å². The molecule has 0 aliphatic heterocycles. The number of nitrogens with two attached hydrogens (primary N) is 1. The van der Waals surface area contributed by atoms with E-state index in [0.717, 1.165) is 21.6 Å². The van der Waals surface area contributed by atoms with Crippen molar-refractivity contribution in [2.75, 3.05) is 6.54 Å². The third kappa shape index (κ3) is 1.81. The first kappa shape index (κ1) is 11.4. The van der Waals surface area contributed by atoms with Crippen molar-refractivity contribution in [3.63, 3.8) is 0 Å². The molecule has 0 radical (unpaired) electrons. The van der Waals surface area contributed by atoms with Gasteiger partial charge in [-0.1, -0.05) is 0 Å². The van der Waals surface area contributed by atoms with Gasteiger partial charge >= 0.3 is 0 Å². The number of nitrogens with zero attached hydrogens (tertiary/aromatic N) is 2. The van der Waals surface area contributed by atoms with E-state index in [1.165, 1.54) is 0 Å². The fraction of sp³-hybridized carbons (Fsp3) is 0.364. The highest BCUT2D eigenvalue weighted by atomic mass is 79.9. The molecule has 0 spiro atoms. The SMILES string of the molecule is Cc1nn(C(CN)c2ccco2)c(C)c1Br. The minimum Gasteiger partial charge on any atom is -0.467 e. The molecule has 2 rings (SSSR count). The molecule has 0 aromatic carbocycles. The van der Waals surface area contributed by atoms with Gasteiger partial charge in [-0.25, -0.2) is 0 Å². The van der Waals surface area contributed by atoms with Gasteiger partial charge in [0.15, 0.2) is 0 Å². The van der Waals surface area contributed by atoms with E-state index in [1.54, 1.807) is 6.26 Å². The number of aromatic nitrogens is 2. The Morgan fingerprint density at radius 1 is 1.56 bits per heavy atom. The predicted octanol–water partition coefficient (Wildman–Crippen LogP) is 2.40. The van der Waals surface area contributed by atoms with Gasteiger partial charge in [-0.05, 0) is 41.9 Å². The van der Waals surface area contributed by atoms with Crippen LogP contribution in [0, 0.1) is 13.8 Å². The van der Waals surface area contributed by atoms with Crippen molar-refractivity contribution in [1.82, 2.24) is 9.78 Å². The first-order chi connectivity index (χ1) is 7.65. The molecule has 0 bridgehead atoms. The summed E-state index contributed by atoms with van der Waals surface area (Å²) in [5.74, 6) is 0.834. The summed E-state index contributed by atoms with van der Waals surface area (Å²) in [6.45, 7) is 4.43. The summed E-state index contributed by atoms with van der Waals surface area (Å²) in [5, 5.41) is 4.47. The van der Waals surface area contributed by atoms with Crippen LogP contribution in [0.5, 0.6) is 0 Å². The predicted molar refractivity (Wildman–Crippen MR) is 65.3 cm³/mol. The molecule has 0 saturated carbocycles. The average Bonchev–Trinajstić information content (AvgIpc) is 2.86. The molecule has 1 atom stereocenters. The van der Waals surface area contributed by atoms with Crippen molar-refractivity contribution in [2.24, 2.45) is 5.73 Å². The quantitative estimate of drug-likeness (QED) is 0.941. The fourth-order valence-corrected chi connectivity index (χ4v) is 2.02. The number of furan rings is 1. The molecule has 2 aromatic heterocycles. The third-order valence-corrected chi connectivity index (χ3v) is 3.77. The normalized spacial score (nSPS) is 13.0. The topological polar surface area (TPSA) is 57.0 Å². The second-order valence-electron chi connectivity index (χ2n) is 3.70. The van der Waals surface area contributed by atoms with Crippen molar-refractivity contribution in [3.05, 3.63) is 40.0 Å². The summed E-state index contributed by atoms with van der Waals surface area (Å²) in [5.41, 5.74) is 7.81. The lowest BCUT2D eigenvalue weighted by Crippen LogP contribution is -2.22. The van der Waals surface area contributed by atoms with E-state index in [9.17, 15) is 0 Å². The molecule has 0 fully saturated rings. The summed E-state index contributed by atoms with van der Waals surface area (Å²) in [6.07, 6.45) is 1.65. The van der Waals surface area contributed by atoms with E-state index in [4.69, 9.17) is 10.2 Å². The highest BCUT2D eigenvalue weighted by Crippen LogP contribution is 2.25. The number of hydrogen-bond donors (Lipinski definition) is 1. The summed E-state index contributed by atoms with van der Waals surface area (Å²) in [7, 11) is 0. The van der Waals surface area contributed by atoms with Crippen molar-refractivity contribution in [2.45, 2.75) is 19.9 Å². The van der Waals surface area contributed by atoms with Crippen LogP contribution in [0.2, 0.25) is 0 Å². The Balaban J connectivity index is 2.45. The Morgan fingerprint density at radius 2 is 2.31 bits per heavy atom. The second-order valence-corrected chi connectivity index (χ2v) is 4.49. The van der Waals surface area contributed by atoms with Crippen LogP contribution in [0.3, 0.4) is 0 Å². The highest BCUT2D eigenvalue weighted by Gasteiger charge is 2.20. The minimum absolute atomic E-state index is 0.0417. The molecule has 1 unspecified atom stereocenters. The summed E-state index contributed by atoms with van der Waals surface area (Å²) >= 11 is 3.51. The molecule has 4 nitrogen and oxygen atoms in total. The van der Waals surface area contributed by atoms with Crippen LogP contribution >= 0.6 is 15.9 Å². The molecule has 0 aliphatic carbocycles. The zero-order valence-corrected chi connectivity index (χ0v) is 10.9. The number of hydrogen-bond acceptors (Lipinski definition) is 3. The van der Waals surface area contributed by atoms with Crippen LogP contribution in [-0.4, -0.2) is 16.3 Å². The molecule has 2 N–H and O–H groups in total.